The Kier molecular flexibility index (Phi) is 7.06. The molecular formula is C17H25Br2N. The summed E-state index contributed by atoms with van der Waals surface area (Å²) in [6, 6.07) is 7.06. The molecule has 1 unspecified atom stereocenters. The van der Waals surface area contributed by atoms with Crippen LogP contribution < -0.4 is 5.32 Å². The normalized spacial score (nSPS) is 18.1. The van der Waals surface area contributed by atoms with Crippen LogP contribution in [-0.4, -0.2) is 6.54 Å². The van der Waals surface area contributed by atoms with Gasteiger partial charge in [-0.05, 0) is 43.0 Å². The Morgan fingerprint density at radius 2 is 1.95 bits per heavy atom. The fourth-order valence-electron chi connectivity index (χ4n) is 3.18. The molecule has 0 aliphatic heterocycles. The highest BCUT2D eigenvalue weighted by molar-refractivity contribution is 9.11. The maximum absolute atomic E-state index is 3.75. The van der Waals surface area contributed by atoms with Crippen molar-refractivity contribution >= 4 is 31.9 Å². The Labute approximate surface area is 140 Å². The average Bonchev–Trinajstić information content (AvgIpc) is 2.45. The fourth-order valence-corrected chi connectivity index (χ4v) is 4.50. The number of halogens is 2. The number of hydrogen-bond donors (Lipinski definition) is 1. The Bertz CT molecular complexity index is 413. The summed E-state index contributed by atoms with van der Waals surface area (Å²) >= 11 is 7.28. The number of nitrogens with one attached hydrogen (secondary N) is 1. The largest absolute Gasteiger partial charge is 0.310 e. The van der Waals surface area contributed by atoms with Gasteiger partial charge < -0.3 is 5.32 Å². The molecule has 2 rings (SSSR count). The third kappa shape index (κ3) is 4.85. The zero-order valence-electron chi connectivity index (χ0n) is 12.3. The van der Waals surface area contributed by atoms with E-state index >= 15 is 0 Å². The lowest BCUT2D eigenvalue weighted by atomic mass is 9.83. The lowest BCUT2D eigenvalue weighted by Crippen LogP contribution is -2.25. The van der Waals surface area contributed by atoms with Gasteiger partial charge in [0.2, 0.25) is 0 Å². The van der Waals surface area contributed by atoms with E-state index in [4.69, 9.17) is 0 Å². The molecule has 1 aromatic rings. The molecule has 1 N–H and O–H groups in total. The van der Waals surface area contributed by atoms with Crippen molar-refractivity contribution in [3.8, 4) is 0 Å². The van der Waals surface area contributed by atoms with Gasteiger partial charge in [0, 0.05) is 15.0 Å². The van der Waals surface area contributed by atoms with Crippen LogP contribution in [-0.2, 0) is 0 Å². The molecule has 1 aliphatic carbocycles. The molecule has 1 aromatic carbocycles. The van der Waals surface area contributed by atoms with Crippen molar-refractivity contribution in [1.29, 1.82) is 0 Å². The zero-order valence-corrected chi connectivity index (χ0v) is 15.5. The van der Waals surface area contributed by atoms with Crippen molar-refractivity contribution < 1.29 is 0 Å². The first-order chi connectivity index (χ1) is 9.70. The number of benzene rings is 1. The SMILES string of the molecule is CCCNC(CC1CCCCC1)c1ccc(Br)cc1Br. The van der Waals surface area contributed by atoms with Gasteiger partial charge in [0.05, 0.1) is 0 Å². The van der Waals surface area contributed by atoms with Crippen LogP contribution in [0.3, 0.4) is 0 Å². The van der Waals surface area contributed by atoms with Crippen molar-refractivity contribution in [3.63, 3.8) is 0 Å². The van der Waals surface area contributed by atoms with E-state index in [1.165, 1.54) is 55.0 Å². The van der Waals surface area contributed by atoms with Crippen molar-refractivity contribution in [2.24, 2.45) is 5.92 Å². The van der Waals surface area contributed by atoms with E-state index in [2.05, 4.69) is 62.3 Å². The molecular weight excluding hydrogens is 378 g/mol. The van der Waals surface area contributed by atoms with Gasteiger partial charge in [-0.3, -0.25) is 0 Å². The molecule has 0 heterocycles. The Morgan fingerprint density at radius 3 is 2.60 bits per heavy atom. The summed E-state index contributed by atoms with van der Waals surface area (Å²) in [5.74, 6) is 0.897. The quantitative estimate of drug-likeness (QED) is 0.595. The molecule has 0 aromatic heterocycles. The van der Waals surface area contributed by atoms with Crippen molar-refractivity contribution in [1.82, 2.24) is 5.32 Å². The van der Waals surface area contributed by atoms with Crippen LogP contribution in [0.2, 0.25) is 0 Å². The molecule has 20 heavy (non-hydrogen) atoms. The fraction of sp³-hybridized carbons (Fsp3) is 0.647. The van der Waals surface area contributed by atoms with E-state index < -0.39 is 0 Å². The van der Waals surface area contributed by atoms with Gasteiger partial charge in [0.1, 0.15) is 0 Å². The topological polar surface area (TPSA) is 12.0 Å². The molecule has 1 nitrogen and oxygen atoms in total. The minimum absolute atomic E-state index is 0.487. The van der Waals surface area contributed by atoms with Gasteiger partial charge in [-0.25, -0.2) is 0 Å². The summed E-state index contributed by atoms with van der Waals surface area (Å²) in [6.45, 7) is 3.33. The maximum atomic E-state index is 3.75. The standard InChI is InChI=1S/C17H25Br2N/c1-2-10-20-17(11-13-6-4-3-5-7-13)15-9-8-14(18)12-16(15)19/h8-9,12-13,17,20H,2-7,10-11H2,1H3. The van der Waals surface area contributed by atoms with E-state index in [1.54, 1.807) is 0 Å². The Morgan fingerprint density at radius 1 is 1.20 bits per heavy atom. The second kappa shape index (κ2) is 8.55. The number of rotatable bonds is 6. The summed E-state index contributed by atoms with van der Waals surface area (Å²) in [4.78, 5) is 0. The van der Waals surface area contributed by atoms with E-state index in [-0.39, 0.29) is 0 Å². The highest BCUT2D eigenvalue weighted by atomic mass is 79.9. The van der Waals surface area contributed by atoms with E-state index in [9.17, 15) is 0 Å². The van der Waals surface area contributed by atoms with Crippen molar-refractivity contribution in [2.45, 2.75) is 57.9 Å². The van der Waals surface area contributed by atoms with Crippen LogP contribution in [0.25, 0.3) is 0 Å². The second-order valence-electron chi connectivity index (χ2n) is 5.91. The summed E-state index contributed by atoms with van der Waals surface area (Å²) in [5.41, 5.74) is 1.41. The van der Waals surface area contributed by atoms with Crippen LogP contribution in [0.15, 0.2) is 27.1 Å². The highest BCUT2D eigenvalue weighted by Gasteiger charge is 2.21. The third-order valence-electron chi connectivity index (χ3n) is 4.27. The first kappa shape index (κ1) is 16.5. The predicted octanol–water partition coefficient (Wildman–Crippen LogP) is 6.22. The lowest BCUT2D eigenvalue weighted by molar-refractivity contribution is 0.299. The van der Waals surface area contributed by atoms with Gasteiger partial charge in [-0.1, -0.05) is 77.0 Å². The first-order valence-corrected chi connectivity index (χ1v) is 9.47. The van der Waals surface area contributed by atoms with E-state index in [0.29, 0.717) is 6.04 Å². The molecule has 0 amide bonds. The van der Waals surface area contributed by atoms with Crippen molar-refractivity contribution in [3.05, 3.63) is 32.7 Å². The van der Waals surface area contributed by atoms with Crippen LogP contribution >= 0.6 is 31.9 Å². The van der Waals surface area contributed by atoms with Gasteiger partial charge in [-0.15, -0.1) is 0 Å². The molecule has 1 atom stereocenters. The third-order valence-corrected chi connectivity index (χ3v) is 5.45. The summed E-state index contributed by atoms with van der Waals surface area (Å²) in [5, 5.41) is 3.75. The predicted molar refractivity (Wildman–Crippen MR) is 94.1 cm³/mol. The maximum Gasteiger partial charge on any atom is 0.0334 e. The van der Waals surface area contributed by atoms with Crippen LogP contribution in [0.1, 0.15) is 63.5 Å². The monoisotopic (exact) mass is 401 g/mol. The van der Waals surface area contributed by atoms with Crippen LogP contribution in [0.5, 0.6) is 0 Å². The second-order valence-corrected chi connectivity index (χ2v) is 7.68. The summed E-state index contributed by atoms with van der Waals surface area (Å²) in [7, 11) is 0. The minimum Gasteiger partial charge on any atom is -0.310 e. The minimum atomic E-state index is 0.487. The molecule has 1 saturated carbocycles. The number of hydrogen-bond acceptors (Lipinski definition) is 1. The molecule has 0 spiro atoms. The van der Waals surface area contributed by atoms with Crippen molar-refractivity contribution in [2.75, 3.05) is 6.54 Å². The van der Waals surface area contributed by atoms with Crippen LogP contribution in [0, 0.1) is 5.92 Å². The van der Waals surface area contributed by atoms with Gasteiger partial charge in [0.15, 0.2) is 0 Å². The summed E-state index contributed by atoms with van der Waals surface area (Å²) < 4.78 is 2.36. The average molecular weight is 403 g/mol. The van der Waals surface area contributed by atoms with Crippen LogP contribution in [0.4, 0.5) is 0 Å². The van der Waals surface area contributed by atoms with Gasteiger partial charge in [-0.2, -0.15) is 0 Å². The highest BCUT2D eigenvalue weighted by Crippen LogP contribution is 2.35. The lowest BCUT2D eigenvalue weighted by Gasteiger charge is -2.28. The Balaban J connectivity index is 2.08. The smallest absolute Gasteiger partial charge is 0.0334 e. The molecule has 1 aliphatic rings. The molecule has 112 valence electrons. The Hall–Kier alpha value is 0.140. The first-order valence-electron chi connectivity index (χ1n) is 7.89. The van der Waals surface area contributed by atoms with E-state index in [0.717, 1.165) is 16.9 Å². The molecule has 1 fully saturated rings. The summed E-state index contributed by atoms with van der Waals surface area (Å²) in [6.07, 6.45) is 9.58. The van der Waals surface area contributed by atoms with Gasteiger partial charge >= 0.3 is 0 Å². The molecule has 0 radical (unpaired) electrons. The zero-order chi connectivity index (χ0) is 14.4. The molecule has 3 heteroatoms. The molecule has 0 bridgehead atoms. The molecule has 0 saturated heterocycles. The van der Waals surface area contributed by atoms with E-state index in [1.807, 2.05) is 0 Å². The van der Waals surface area contributed by atoms with Gasteiger partial charge in [0.25, 0.3) is 0 Å².